The summed E-state index contributed by atoms with van der Waals surface area (Å²) in [6, 6.07) is 7.22. The van der Waals surface area contributed by atoms with Crippen LogP contribution in [-0.4, -0.2) is 44.0 Å². The molecule has 1 aromatic carbocycles. The van der Waals surface area contributed by atoms with Crippen LogP contribution in [0.4, 0.5) is 13.2 Å². The fourth-order valence-corrected chi connectivity index (χ4v) is 4.21. The average Bonchev–Trinajstić information content (AvgIpc) is 3.23. The molecule has 2 aliphatic rings. The molecule has 1 unspecified atom stereocenters. The fourth-order valence-electron chi connectivity index (χ4n) is 3.21. The molecule has 0 bridgehead atoms. The first-order valence-electron chi connectivity index (χ1n) is 9.26. The molecule has 1 aliphatic heterocycles. The van der Waals surface area contributed by atoms with E-state index in [0.29, 0.717) is 27.4 Å². The minimum atomic E-state index is -4.58. The number of ether oxygens (including phenoxy) is 1. The van der Waals surface area contributed by atoms with Crippen molar-refractivity contribution in [3.63, 3.8) is 0 Å². The molecule has 166 valence electrons. The van der Waals surface area contributed by atoms with E-state index in [2.05, 4.69) is 9.98 Å². The molecule has 1 aliphatic carbocycles. The quantitative estimate of drug-likeness (QED) is 0.520. The summed E-state index contributed by atoms with van der Waals surface area (Å²) in [6.45, 7) is 0. The number of thioether (sulfide) groups is 1. The Labute approximate surface area is 182 Å². The van der Waals surface area contributed by atoms with Crippen molar-refractivity contribution in [3.05, 3.63) is 69.7 Å². The third-order valence-corrected chi connectivity index (χ3v) is 5.93. The van der Waals surface area contributed by atoms with E-state index in [1.807, 2.05) is 0 Å². The lowest BCUT2D eigenvalue weighted by Crippen LogP contribution is -2.26. The minimum absolute atomic E-state index is 0.204. The molecule has 0 fully saturated rings. The molecule has 2 heterocycles. The van der Waals surface area contributed by atoms with E-state index in [9.17, 15) is 28.1 Å². The second-order valence-electron chi connectivity index (χ2n) is 7.03. The van der Waals surface area contributed by atoms with Crippen LogP contribution in [0.1, 0.15) is 12.1 Å². The first-order valence-corrected chi connectivity index (χ1v) is 10.3. The first kappa shape index (κ1) is 21.8. The van der Waals surface area contributed by atoms with Crippen molar-refractivity contribution in [2.24, 2.45) is 10.9 Å². The van der Waals surface area contributed by atoms with Crippen molar-refractivity contribution in [1.82, 2.24) is 4.98 Å². The van der Waals surface area contributed by atoms with Crippen molar-refractivity contribution in [3.8, 4) is 5.75 Å². The molecule has 1 N–H and O–H groups in total. The van der Waals surface area contributed by atoms with Crippen LogP contribution in [0.3, 0.4) is 0 Å². The summed E-state index contributed by atoms with van der Waals surface area (Å²) in [5, 5.41) is 21.5. The molecular formula is C20H14F3N3O5S. The topological polar surface area (TPSA) is 115 Å². The number of hydrogen-bond donors (Lipinski definition) is 1. The number of benzene rings is 1. The smallest absolute Gasteiger partial charge is 0.395 e. The van der Waals surface area contributed by atoms with Gasteiger partial charge in [0.2, 0.25) is 0 Å². The molecule has 2 atom stereocenters. The highest BCUT2D eigenvalue weighted by atomic mass is 32.2. The molecule has 32 heavy (non-hydrogen) atoms. The predicted octanol–water partition coefficient (Wildman–Crippen LogP) is 4.19. The van der Waals surface area contributed by atoms with E-state index in [0.717, 1.165) is 12.2 Å². The molecule has 0 saturated carbocycles. The monoisotopic (exact) mass is 465 g/mol. The van der Waals surface area contributed by atoms with Crippen LogP contribution in [0.15, 0.2) is 58.9 Å². The maximum atomic E-state index is 12.9. The number of fused-ring (bicyclic) bond motifs is 1. The molecule has 0 amide bonds. The SMILES string of the molecule is O=C(O)[C@H]1CSC(c2ccc3cc(OC4=C([N+](=O)[O-])CC(C(F)(F)F)C=C4)ccc3n2)=N1. The van der Waals surface area contributed by atoms with Gasteiger partial charge in [-0.3, -0.25) is 15.1 Å². The van der Waals surface area contributed by atoms with Crippen molar-refractivity contribution >= 4 is 33.7 Å². The number of aromatic nitrogens is 1. The van der Waals surface area contributed by atoms with Gasteiger partial charge in [0.05, 0.1) is 28.5 Å². The first-order chi connectivity index (χ1) is 15.1. The summed E-state index contributed by atoms with van der Waals surface area (Å²) in [7, 11) is 0. The highest BCUT2D eigenvalue weighted by Gasteiger charge is 2.43. The lowest BCUT2D eigenvalue weighted by molar-refractivity contribution is -0.432. The van der Waals surface area contributed by atoms with E-state index < -0.39 is 41.1 Å². The normalized spacial score (nSPS) is 21.0. The zero-order chi connectivity index (χ0) is 23.0. The number of carboxylic acid groups (broad SMARTS) is 1. The Bertz CT molecular complexity index is 1210. The number of carboxylic acids is 1. The Morgan fingerprint density at radius 1 is 1.28 bits per heavy atom. The Morgan fingerprint density at radius 3 is 2.72 bits per heavy atom. The number of nitro groups is 1. The van der Waals surface area contributed by atoms with Gasteiger partial charge in [-0.25, -0.2) is 9.78 Å². The number of allylic oxidation sites excluding steroid dienone is 3. The van der Waals surface area contributed by atoms with Gasteiger partial charge >= 0.3 is 12.1 Å². The number of hydrogen-bond acceptors (Lipinski definition) is 7. The van der Waals surface area contributed by atoms with Gasteiger partial charge in [0.1, 0.15) is 10.8 Å². The Kier molecular flexibility index (Phi) is 5.63. The largest absolute Gasteiger partial charge is 0.480 e. The summed E-state index contributed by atoms with van der Waals surface area (Å²) in [4.78, 5) is 30.1. The van der Waals surface area contributed by atoms with Crippen LogP contribution in [-0.2, 0) is 4.79 Å². The van der Waals surface area contributed by atoms with Gasteiger partial charge in [-0.15, -0.1) is 11.8 Å². The summed E-state index contributed by atoms with van der Waals surface area (Å²) >= 11 is 1.30. The molecular weight excluding hydrogens is 451 g/mol. The zero-order valence-corrected chi connectivity index (χ0v) is 16.9. The lowest BCUT2D eigenvalue weighted by atomic mass is 9.97. The molecule has 8 nitrogen and oxygen atoms in total. The second-order valence-corrected chi connectivity index (χ2v) is 8.04. The summed E-state index contributed by atoms with van der Waals surface area (Å²) < 4.78 is 44.3. The predicted molar refractivity (Wildman–Crippen MR) is 110 cm³/mol. The standard InChI is InChI=1S/C20H14F3N3O5S/c21-20(22,23)11-2-6-17(16(8-11)26(29)30)31-12-3-5-13-10(7-12)1-4-14(24-13)18-25-15(9-32-18)19(27)28/h1-7,11,15H,8-9H2,(H,27,28)/t11?,15-/m1/s1. The summed E-state index contributed by atoms with van der Waals surface area (Å²) in [5.41, 5.74) is 0.427. The molecule has 12 heteroatoms. The second kappa shape index (κ2) is 8.26. The number of aliphatic imine (C=N–C) groups is 1. The molecule has 2 aromatic rings. The van der Waals surface area contributed by atoms with Crippen LogP contribution >= 0.6 is 11.8 Å². The number of rotatable bonds is 5. The number of pyridine rings is 1. The highest BCUT2D eigenvalue weighted by molar-refractivity contribution is 8.14. The Hall–Kier alpha value is -3.41. The van der Waals surface area contributed by atoms with Gasteiger partial charge < -0.3 is 9.84 Å². The third kappa shape index (κ3) is 4.44. The van der Waals surface area contributed by atoms with Crippen molar-refractivity contribution in [1.29, 1.82) is 0 Å². The van der Waals surface area contributed by atoms with Crippen molar-refractivity contribution < 1.29 is 32.7 Å². The number of nitrogens with zero attached hydrogens (tertiary/aromatic N) is 3. The van der Waals surface area contributed by atoms with E-state index in [1.165, 1.54) is 17.8 Å². The van der Waals surface area contributed by atoms with Crippen molar-refractivity contribution in [2.75, 3.05) is 5.75 Å². The summed E-state index contributed by atoms with van der Waals surface area (Å²) in [6.07, 6.45) is -3.57. The lowest BCUT2D eigenvalue weighted by Gasteiger charge is -2.20. The maximum absolute atomic E-state index is 12.9. The van der Waals surface area contributed by atoms with Gasteiger partial charge in [-0.2, -0.15) is 13.2 Å². The third-order valence-electron chi connectivity index (χ3n) is 4.86. The summed E-state index contributed by atoms with van der Waals surface area (Å²) in [5.74, 6) is -2.66. The van der Waals surface area contributed by atoms with Gasteiger partial charge in [-0.1, -0.05) is 12.1 Å². The Balaban J connectivity index is 1.58. The van der Waals surface area contributed by atoms with Crippen molar-refractivity contribution in [2.45, 2.75) is 18.6 Å². The van der Waals surface area contributed by atoms with E-state index in [4.69, 9.17) is 9.84 Å². The fraction of sp³-hybridized carbons (Fsp3) is 0.250. The van der Waals surface area contributed by atoms with Crippen LogP contribution < -0.4 is 4.74 Å². The molecule has 4 rings (SSSR count). The van der Waals surface area contributed by atoms with Crippen LogP contribution in [0.2, 0.25) is 0 Å². The maximum Gasteiger partial charge on any atom is 0.395 e. The van der Waals surface area contributed by atoms with Crippen LogP contribution in [0.25, 0.3) is 10.9 Å². The van der Waals surface area contributed by atoms with Gasteiger partial charge in [-0.05, 0) is 30.3 Å². The molecule has 0 saturated heterocycles. The molecule has 1 aromatic heterocycles. The number of alkyl halides is 3. The number of halogens is 3. The Morgan fingerprint density at radius 2 is 2.06 bits per heavy atom. The van der Waals surface area contributed by atoms with Crippen LogP contribution in [0, 0.1) is 16.0 Å². The van der Waals surface area contributed by atoms with Crippen LogP contribution in [0.5, 0.6) is 5.75 Å². The molecule has 0 radical (unpaired) electrons. The van der Waals surface area contributed by atoms with E-state index in [-0.39, 0.29) is 11.5 Å². The minimum Gasteiger partial charge on any atom is -0.480 e. The average molecular weight is 465 g/mol. The van der Waals surface area contributed by atoms with Gasteiger partial charge in [0, 0.05) is 11.1 Å². The molecule has 0 spiro atoms. The number of carbonyl (C=O) groups is 1. The van der Waals surface area contributed by atoms with Gasteiger partial charge in [0.25, 0.3) is 5.70 Å². The van der Waals surface area contributed by atoms with E-state index in [1.54, 1.807) is 24.3 Å². The van der Waals surface area contributed by atoms with Gasteiger partial charge in [0.15, 0.2) is 11.8 Å². The zero-order valence-electron chi connectivity index (χ0n) is 16.1. The van der Waals surface area contributed by atoms with E-state index >= 15 is 0 Å². The number of aliphatic carboxylic acids is 1. The highest BCUT2D eigenvalue weighted by Crippen LogP contribution is 2.37.